The third kappa shape index (κ3) is 14.7. The lowest BCUT2D eigenvalue weighted by Gasteiger charge is -2.35. The van der Waals surface area contributed by atoms with E-state index in [9.17, 15) is 33.4 Å². The van der Waals surface area contributed by atoms with E-state index in [1.807, 2.05) is 35.2 Å². The summed E-state index contributed by atoms with van der Waals surface area (Å²) in [7, 11) is 9.40. The number of nitrogens with one attached hydrogen (secondary N) is 1. The quantitative estimate of drug-likeness (QED) is 0.0808. The molecule has 5 aromatic carbocycles. The molecule has 3 N–H and O–H groups in total. The molecular formula is C58H71F2N3O11. The maximum Gasteiger partial charge on any atom is 0.226 e. The number of ether oxygens (including phenoxy) is 6. The van der Waals surface area contributed by atoms with Gasteiger partial charge in [-0.1, -0.05) is 54.6 Å². The molecule has 8 rings (SSSR count). The number of para-hydroxylation sites is 3. The van der Waals surface area contributed by atoms with E-state index in [4.69, 9.17) is 28.4 Å². The summed E-state index contributed by atoms with van der Waals surface area (Å²) in [6, 6.07) is 28.4. The lowest BCUT2D eigenvalue weighted by molar-refractivity contribution is -0.133. The van der Waals surface area contributed by atoms with Gasteiger partial charge in [0, 0.05) is 43.2 Å². The van der Waals surface area contributed by atoms with Crippen LogP contribution >= 0.6 is 0 Å². The maximum atomic E-state index is 13.0. The highest BCUT2D eigenvalue weighted by Gasteiger charge is 2.32. The molecule has 14 nitrogen and oxygen atoms in total. The zero-order chi connectivity index (χ0) is 53.1. The molecule has 398 valence electrons. The Labute approximate surface area is 433 Å². The first kappa shape index (κ1) is 56.5. The van der Waals surface area contributed by atoms with E-state index in [1.165, 1.54) is 38.5 Å². The summed E-state index contributed by atoms with van der Waals surface area (Å²) in [5.74, 6) is 3.01. The molecule has 0 saturated carbocycles. The van der Waals surface area contributed by atoms with Crippen molar-refractivity contribution in [3.05, 3.63) is 143 Å². The van der Waals surface area contributed by atoms with E-state index >= 15 is 0 Å². The van der Waals surface area contributed by atoms with Crippen LogP contribution in [-0.4, -0.2) is 120 Å². The van der Waals surface area contributed by atoms with Crippen molar-refractivity contribution in [2.45, 2.75) is 63.6 Å². The van der Waals surface area contributed by atoms with Crippen LogP contribution in [0.3, 0.4) is 0 Å². The minimum atomic E-state index is -0.681. The zero-order valence-electron chi connectivity index (χ0n) is 43.3. The van der Waals surface area contributed by atoms with Crippen LogP contribution in [0.4, 0.5) is 8.78 Å². The van der Waals surface area contributed by atoms with Crippen molar-refractivity contribution in [3.63, 3.8) is 0 Å². The Bertz CT molecular complexity index is 2580. The molecule has 3 saturated heterocycles. The van der Waals surface area contributed by atoms with E-state index in [0.29, 0.717) is 97.5 Å². The van der Waals surface area contributed by atoms with Gasteiger partial charge in [-0.15, -0.1) is 0 Å². The Kier molecular flexibility index (Phi) is 21.4. The molecule has 3 aliphatic heterocycles. The Morgan fingerprint density at radius 2 is 0.892 bits per heavy atom. The Morgan fingerprint density at radius 3 is 1.30 bits per heavy atom. The number of benzene rings is 5. The van der Waals surface area contributed by atoms with Crippen molar-refractivity contribution >= 4 is 17.6 Å². The van der Waals surface area contributed by atoms with E-state index in [0.717, 1.165) is 42.6 Å². The summed E-state index contributed by atoms with van der Waals surface area (Å²) >= 11 is 0. The third-order valence-electron chi connectivity index (χ3n) is 14.1. The van der Waals surface area contributed by atoms with Gasteiger partial charge in [0.15, 0.2) is 40.3 Å². The molecule has 16 heteroatoms. The number of halogens is 2. The minimum absolute atomic E-state index is 0.00327. The summed E-state index contributed by atoms with van der Waals surface area (Å²) in [5.41, 5.74) is 3.63. The lowest BCUT2D eigenvalue weighted by atomic mass is 9.86. The molecule has 0 bridgehead atoms. The van der Waals surface area contributed by atoms with Crippen molar-refractivity contribution in [2.24, 2.45) is 17.8 Å². The smallest absolute Gasteiger partial charge is 0.226 e. The molecule has 2 atom stereocenters. The molecular weight excluding hydrogens is 953 g/mol. The number of amides is 2. The number of aliphatic hydroxyl groups is 2. The van der Waals surface area contributed by atoms with Crippen LogP contribution in [0.5, 0.6) is 34.5 Å². The Hall–Kier alpha value is -6.75. The minimum Gasteiger partial charge on any atom is -0.493 e. The second-order valence-electron chi connectivity index (χ2n) is 18.5. The fourth-order valence-corrected chi connectivity index (χ4v) is 9.89. The number of methoxy groups -OCH3 is 6. The largest absolute Gasteiger partial charge is 0.493 e. The van der Waals surface area contributed by atoms with Crippen LogP contribution < -0.4 is 33.7 Å². The van der Waals surface area contributed by atoms with Crippen LogP contribution in [0.2, 0.25) is 0 Å². The van der Waals surface area contributed by atoms with Gasteiger partial charge in [-0.3, -0.25) is 14.4 Å². The first-order chi connectivity index (χ1) is 35.8. The van der Waals surface area contributed by atoms with Crippen molar-refractivity contribution in [2.75, 3.05) is 81.9 Å². The predicted molar refractivity (Wildman–Crippen MR) is 277 cm³/mol. The number of nitrogens with zero attached hydrogens (tertiary/aromatic N) is 2. The van der Waals surface area contributed by atoms with E-state index in [2.05, 4.69) is 5.32 Å². The average Bonchev–Trinajstić information content (AvgIpc) is 3.45. The summed E-state index contributed by atoms with van der Waals surface area (Å²) in [4.78, 5) is 41.6. The Morgan fingerprint density at radius 1 is 0.514 bits per heavy atom. The third-order valence-corrected chi connectivity index (χ3v) is 14.1. The number of hydrogen-bond donors (Lipinski definition) is 3. The van der Waals surface area contributed by atoms with E-state index < -0.39 is 12.2 Å². The standard InChI is InChI=1S/C22H26FNO4.C22H24FNO4.C14H21NO3/c2*1-27-19-5-3-4-18(22(19)28-2)21(26)16-10-12-24(13-11-16)20(25)14-15-6-8-17(23)9-7-15;1-17-12-5-3-4-11(14(12)18-2)13(16)10-6-8-15-9-7-10/h3-9,16,21,26H,10-14H2,1-2H3;3-9,16H,10-14H2,1-2H3;3-5,10,13,15-16H,6-9H2,1-2H3. The monoisotopic (exact) mass is 1020 g/mol. The summed E-state index contributed by atoms with van der Waals surface area (Å²) < 4.78 is 58.0. The maximum absolute atomic E-state index is 13.0. The van der Waals surface area contributed by atoms with Crippen LogP contribution in [0.25, 0.3) is 0 Å². The Balaban J connectivity index is 0.000000185. The number of likely N-dealkylation sites (tertiary alicyclic amines) is 2. The van der Waals surface area contributed by atoms with Gasteiger partial charge < -0.3 is 53.8 Å². The first-order valence-corrected chi connectivity index (χ1v) is 25.1. The van der Waals surface area contributed by atoms with E-state index in [-0.39, 0.29) is 59.8 Å². The van der Waals surface area contributed by atoms with Crippen LogP contribution in [0.15, 0.2) is 103 Å². The van der Waals surface area contributed by atoms with Gasteiger partial charge in [-0.2, -0.15) is 0 Å². The number of carbonyl (C=O) groups is 3. The molecule has 3 fully saturated rings. The van der Waals surface area contributed by atoms with Gasteiger partial charge in [0.1, 0.15) is 11.6 Å². The molecule has 3 heterocycles. The molecule has 5 aromatic rings. The molecule has 2 amide bonds. The second-order valence-corrected chi connectivity index (χ2v) is 18.5. The number of ketones is 1. The fraction of sp³-hybridized carbons (Fsp3) is 0.431. The van der Waals surface area contributed by atoms with Gasteiger partial charge >= 0.3 is 0 Å². The van der Waals surface area contributed by atoms with Crippen LogP contribution in [-0.2, 0) is 22.4 Å². The van der Waals surface area contributed by atoms with Crippen molar-refractivity contribution in [1.82, 2.24) is 15.1 Å². The van der Waals surface area contributed by atoms with Crippen molar-refractivity contribution < 1.29 is 61.8 Å². The molecule has 0 radical (unpaired) electrons. The number of rotatable bonds is 16. The van der Waals surface area contributed by atoms with Crippen LogP contribution in [0, 0.1) is 29.4 Å². The van der Waals surface area contributed by atoms with Gasteiger partial charge in [0.05, 0.1) is 73.3 Å². The summed E-state index contributed by atoms with van der Waals surface area (Å²) in [6.07, 6.45) is 3.93. The number of piperidine rings is 3. The summed E-state index contributed by atoms with van der Waals surface area (Å²) in [6.45, 7) is 4.18. The van der Waals surface area contributed by atoms with Gasteiger partial charge in [-0.05, 0) is 123 Å². The normalized spacial score (nSPS) is 16.0. The highest BCUT2D eigenvalue weighted by Crippen LogP contribution is 2.41. The van der Waals surface area contributed by atoms with Crippen molar-refractivity contribution in [3.8, 4) is 34.5 Å². The molecule has 0 aliphatic carbocycles. The zero-order valence-corrected chi connectivity index (χ0v) is 43.3. The highest BCUT2D eigenvalue weighted by atomic mass is 19.1. The molecule has 2 unspecified atom stereocenters. The number of carbonyl (C=O) groups excluding carboxylic acids is 3. The topological polar surface area (TPSA) is 166 Å². The molecule has 74 heavy (non-hydrogen) atoms. The SMILES string of the molecule is COc1cccc(C(=O)C2CCN(C(=O)Cc3ccc(F)cc3)CC2)c1OC.COc1cccc(C(O)C2CCN(C(=O)Cc3ccc(F)cc3)CC2)c1OC.COc1cccc(C(O)C2CCNCC2)c1OC. The highest BCUT2D eigenvalue weighted by molar-refractivity contribution is 6.01. The molecule has 0 spiro atoms. The van der Waals surface area contributed by atoms with Gasteiger partial charge in [0.25, 0.3) is 0 Å². The van der Waals surface area contributed by atoms with E-state index in [1.54, 1.807) is 81.9 Å². The lowest BCUT2D eigenvalue weighted by Crippen LogP contribution is -2.41. The second kappa shape index (κ2) is 28.1. The summed E-state index contributed by atoms with van der Waals surface area (Å²) in [5, 5.41) is 24.7. The number of Topliss-reactive ketones (excluding diaryl/α,β-unsaturated/α-hetero) is 1. The number of aliphatic hydroxyl groups excluding tert-OH is 2. The average molecular weight is 1020 g/mol. The van der Waals surface area contributed by atoms with Crippen molar-refractivity contribution in [1.29, 1.82) is 0 Å². The first-order valence-electron chi connectivity index (χ1n) is 25.1. The van der Waals surface area contributed by atoms with Crippen LogP contribution in [0.1, 0.15) is 83.3 Å². The predicted octanol–water partition coefficient (Wildman–Crippen LogP) is 8.60. The molecule has 0 aromatic heterocycles. The fourth-order valence-electron chi connectivity index (χ4n) is 9.89. The molecule has 3 aliphatic rings. The van der Waals surface area contributed by atoms with Gasteiger partial charge in [-0.25, -0.2) is 8.78 Å². The van der Waals surface area contributed by atoms with Gasteiger partial charge in [0.2, 0.25) is 11.8 Å². The number of hydrogen-bond acceptors (Lipinski definition) is 12.